The molecule has 1 heterocycles. The van der Waals surface area contributed by atoms with Crippen LogP contribution in [-0.2, 0) is 14.3 Å². The lowest BCUT2D eigenvalue weighted by atomic mass is 9.90. The summed E-state index contributed by atoms with van der Waals surface area (Å²) in [6.07, 6.45) is 2.50. The molecule has 0 aliphatic carbocycles. The van der Waals surface area contributed by atoms with Gasteiger partial charge < -0.3 is 14.7 Å². The van der Waals surface area contributed by atoms with Gasteiger partial charge in [0.2, 0.25) is 5.91 Å². The first kappa shape index (κ1) is 14.0. The van der Waals surface area contributed by atoms with Gasteiger partial charge in [0.15, 0.2) is 0 Å². The standard InChI is InChI=1S/C12H21NO4/c1-3-4-7-17-8-10(14)13-6-5-12(2,9-13)11(15)16/h3-9H2,1-2H3,(H,15,16). The number of aliphatic carboxylic acids is 1. The summed E-state index contributed by atoms with van der Waals surface area (Å²) in [7, 11) is 0. The highest BCUT2D eigenvalue weighted by molar-refractivity contribution is 5.81. The minimum absolute atomic E-state index is 0.0652. The van der Waals surface area contributed by atoms with Crippen LogP contribution in [0.4, 0.5) is 0 Å². The van der Waals surface area contributed by atoms with Crippen molar-refractivity contribution in [2.45, 2.75) is 33.1 Å². The van der Waals surface area contributed by atoms with E-state index in [-0.39, 0.29) is 19.1 Å². The maximum Gasteiger partial charge on any atom is 0.311 e. The molecule has 17 heavy (non-hydrogen) atoms. The van der Waals surface area contributed by atoms with Gasteiger partial charge in [-0.15, -0.1) is 0 Å². The van der Waals surface area contributed by atoms with Crippen molar-refractivity contribution in [3.8, 4) is 0 Å². The second kappa shape index (κ2) is 6.00. The summed E-state index contributed by atoms with van der Waals surface area (Å²) in [5, 5.41) is 9.05. The summed E-state index contributed by atoms with van der Waals surface area (Å²) >= 11 is 0. The van der Waals surface area contributed by atoms with Crippen LogP contribution in [0.3, 0.4) is 0 Å². The zero-order valence-corrected chi connectivity index (χ0v) is 10.6. The molecule has 1 aliphatic heterocycles. The predicted octanol–water partition coefficient (Wildman–Crippen LogP) is 1.13. The van der Waals surface area contributed by atoms with E-state index in [1.807, 2.05) is 0 Å². The number of nitrogens with zero attached hydrogens (tertiary/aromatic N) is 1. The highest BCUT2D eigenvalue weighted by Gasteiger charge is 2.41. The highest BCUT2D eigenvalue weighted by atomic mass is 16.5. The van der Waals surface area contributed by atoms with E-state index >= 15 is 0 Å². The molecule has 0 aromatic heterocycles. The molecule has 0 saturated carbocycles. The van der Waals surface area contributed by atoms with Gasteiger partial charge in [-0.1, -0.05) is 13.3 Å². The van der Waals surface area contributed by atoms with Crippen LogP contribution >= 0.6 is 0 Å². The molecule has 5 nitrogen and oxygen atoms in total. The average Bonchev–Trinajstić information content (AvgIpc) is 2.69. The molecule has 1 unspecified atom stereocenters. The molecule has 0 bridgehead atoms. The van der Waals surface area contributed by atoms with Gasteiger partial charge in [0.1, 0.15) is 6.61 Å². The third-order valence-corrected chi connectivity index (χ3v) is 3.21. The lowest BCUT2D eigenvalue weighted by molar-refractivity contribution is -0.147. The summed E-state index contributed by atoms with van der Waals surface area (Å²) < 4.78 is 5.24. The SMILES string of the molecule is CCCCOCC(=O)N1CCC(C)(C(=O)O)C1. The number of hydrogen-bond donors (Lipinski definition) is 1. The molecular formula is C12H21NO4. The predicted molar refractivity (Wildman–Crippen MR) is 62.7 cm³/mol. The van der Waals surface area contributed by atoms with Gasteiger partial charge >= 0.3 is 5.97 Å². The lowest BCUT2D eigenvalue weighted by Gasteiger charge is -2.20. The first-order chi connectivity index (χ1) is 7.99. The van der Waals surface area contributed by atoms with Crippen LogP contribution < -0.4 is 0 Å². The highest BCUT2D eigenvalue weighted by Crippen LogP contribution is 2.29. The molecule has 0 aromatic rings. The monoisotopic (exact) mass is 243 g/mol. The quantitative estimate of drug-likeness (QED) is 0.710. The molecular weight excluding hydrogens is 222 g/mol. The smallest absolute Gasteiger partial charge is 0.311 e. The Morgan fingerprint density at radius 3 is 2.71 bits per heavy atom. The van der Waals surface area contributed by atoms with Crippen LogP contribution in [0.5, 0.6) is 0 Å². The molecule has 1 rings (SSSR count). The zero-order valence-electron chi connectivity index (χ0n) is 10.6. The Morgan fingerprint density at radius 1 is 1.47 bits per heavy atom. The number of ether oxygens (including phenoxy) is 1. The summed E-state index contributed by atoms with van der Waals surface area (Å²) in [5.74, 6) is -0.939. The Kier molecular flexibility index (Phi) is 4.93. The Labute approximate surface area is 102 Å². The van der Waals surface area contributed by atoms with E-state index in [1.54, 1.807) is 11.8 Å². The minimum atomic E-state index is -0.834. The van der Waals surface area contributed by atoms with Crippen LogP contribution in [-0.4, -0.2) is 48.2 Å². The van der Waals surface area contributed by atoms with Crippen molar-refractivity contribution in [1.29, 1.82) is 0 Å². The Hall–Kier alpha value is -1.10. The normalized spacial score (nSPS) is 24.0. The maximum absolute atomic E-state index is 11.7. The van der Waals surface area contributed by atoms with Crippen LogP contribution in [0.15, 0.2) is 0 Å². The van der Waals surface area contributed by atoms with Crippen LogP contribution in [0.25, 0.3) is 0 Å². The number of likely N-dealkylation sites (tertiary alicyclic amines) is 1. The molecule has 1 atom stereocenters. The van der Waals surface area contributed by atoms with Gasteiger partial charge in [0.25, 0.3) is 0 Å². The van der Waals surface area contributed by atoms with Crippen molar-refractivity contribution in [3.05, 3.63) is 0 Å². The Morgan fingerprint density at radius 2 is 2.18 bits per heavy atom. The van der Waals surface area contributed by atoms with Crippen LogP contribution in [0, 0.1) is 5.41 Å². The number of unbranched alkanes of at least 4 members (excludes halogenated alkanes) is 1. The minimum Gasteiger partial charge on any atom is -0.481 e. The van der Waals surface area contributed by atoms with Crippen molar-refractivity contribution in [2.24, 2.45) is 5.41 Å². The Balaban J connectivity index is 2.33. The molecule has 0 aromatic carbocycles. The molecule has 1 aliphatic rings. The second-order valence-corrected chi connectivity index (χ2v) is 4.84. The summed E-state index contributed by atoms with van der Waals surface area (Å²) in [6.45, 7) is 5.20. The third-order valence-electron chi connectivity index (χ3n) is 3.21. The average molecular weight is 243 g/mol. The van der Waals surface area contributed by atoms with Crippen LogP contribution in [0.1, 0.15) is 33.1 Å². The largest absolute Gasteiger partial charge is 0.481 e. The van der Waals surface area contributed by atoms with E-state index in [9.17, 15) is 9.59 Å². The first-order valence-corrected chi connectivity index (χ1v) is 6.08. The van der Waals surface area contributed by atoms with E-state index in [0.717, 1.165) is 12.8 Å². The molecule has 1 saturated heterocycles. The van der Waals surface area contributed by atoms with Gasteiger partial charge in [-0.2, -0.15) is 0 Å². The zero-order chi connectivity index (χ0) is 12.9. The van der Waals surface area contributed by atoms with Crippen molar-refractivity contribution in [3.63, 3.8) is 0 Å². The van der Waals surface area contributed by atoms with Gasteiger partial charge in [0.05, 0.1) is 5.41 Å². The topological polar surface area (TPSA) is 66.8 Å². The molecule has 1 amide bonds. The lowest BCUT2D eigenvalue weighted by Crippen LogP contribution is -2.36. The second-order valence-electron chi connectivity index (χ2n) is 4.84. The van der Waals surface area contributed by atoms with E-state index in [2.05, 4.69) is 6.92 Å². The van der Waals surface area contributed by atoms with Gasteiger partial charge in [0, 0.05) is 19.7 Å². The molecule has 1 N–H and O–H groups in total. The van der Waals surface area contributed by atoms with E-state index < -0.39 is 11.4 Å². The van der Waals surface area contributed by atoms with Crippen LogP contribution in [0.2, 0.25) is 0 Å². The first-order valence-electron chi connectivity index (χ1n) is 6.08. The van der Waals surface area contributed by atoms with Crippen molar-refractivity contribution >= 4 is 11.9 Å². The summed E-state index contributed by atoms with van der Waals surface area (Å²) in [4.78, 5) is 24.3. The van der Waals surface area contributed by atoms with E-state index in [4.69, 9.17) is 9.84 Å². The fourth-order valence-corrected chi connectivity index (χ4v) is 1.85. The number of carboxylic acid groups (broad SMARTS) is 1. The van der Waals surface area contributed by atoms with Gasteiger partial charge in [-0.3, -0.25) is 9.59 Å². The molecule has 5 heteroatoms. The number of carbonyl (C=O) groups is 2. The van der Waals surface area contributed by atoms with Crippen molar-refractivity contribution in [2.75, 3.05) is 26.3 Å². The number of rotatable bonds is 6. The molecule has 0 radical (unpaired) electrons. The number of carbonyl (C=O) groups excluding carboxylic acids is 1. The third kappa shape index (κ3) is 3.70. The molecule has 0 spiro atoms. The number of amides is 1. The van der Waals surface area contributed by atoms with E-state index in [1.165, 1.54) is 0 Å². The summed E-state index contributed by atoms with van der Waals surface area (Å²) in [5.41, 5.74) is -0.793. The molecule has 1 fully saturated rings. The van der Waals surface area contributed by atoms with Crippen molar-refractivity contribution < 1.29 is 19.4 Å². The van der Waals surface area contributed by atoms with Crippen molar-refractivity contribution in [1.82, 2.24) is 4.90 Å². The number of hydrogen-bond acceptors (Lipinski definition) is 3. The molecule has 98 valence electrons. The fraction of sp³-hybridized carbons (Fsp3) is 0.833. The Bertz CT molecular complexity index is 292. The van der Waals surface area contributed by atoms with Gasteiger partial charge in [-0.05, 0) is 19.8 Å². The fourth-order valence-electron chi connectivity index (χ4n) is 1.85. The summed E-state index contributed by atoms with van der Waals surface area (Å²) in [6, 6.07) is 0. The van der Waals surface area contributed by atoms with E-state index in [0.29, 0.717) is 19.6 Å². The van der Waals surface area contributed by atoms with Gasteiger partial charge in [-0.25, -0.2) is 0 Å². The number of carboxylic acids is 1. The maximum atomic E-state index is 11.7.